The number of rotatable bonds is 5. The van der Waals surface area contributed by atoms with Crippen molar-refractivity contribution in [2.45, 2.75) is 31.7 Å². The third-order valence-electron chi connectivity index (χ3n) is 2.34. The average molecular weight is 238 g/mol. The zero-order valence-corrected chi connectivity index (χ0v) is 9.94. The second-order valence-corrected chi connectivity index (χ2v) is 4.01. The first-order valence-corrected chi connectivity index (χ1v) is 5.63. The van der Waals surface area contributed by atoms with Crippen molar-refractivity contribution >= 4 is 0 Å². The fourth-order valence-corrected chi connectivity index (χ4v) is 1.16. The Balaban J connectivity index is 2.69. The Bertz CT molecular complexity index is 399. The molecule has 1 heterocycles. The van der Waals surface area contributed by atoms with Crippen molar-refractivity contribution in [1.29, 1.82) is 0 Å². The number of aryl methyl sites for hydroxylation is 1. The summed E-state index contributed by atoms with van der Waals surface area (Å²) in [4.78, 5) is 0. The quantitative estimate of drug-likeness (QED) is 0.630. The number of nitrogens with zero attached hydrogens (tertiary/aromatic N) is 1. The Kier molecular flexibility index (Phi) is 5.16. The molecular formula is C12H18N2O3. The summed E-state index contributed by atoms with van der Waals surface area (Å²) in [6, 6.07) is 1.75. The second kappa shape index (κ2) is 6.40. The molecule has 0 bridgehead atoms. The van der Waals surface area contributed by atoms with Crippen molar-refractivity contribution in [3.05, 3.63) is 17.5 Å². The molecule has 4 N–H and O–H groups in total. The van der Waals surface area contributed by atoms with Crippen molar-refractivity contribution < 1.29 is 14.7 Å². The Morgan fingerprint density at radius 1 is 1.47 bits per heavy atom. The molecule has 0 atom stereocenters. The van der Waals surface area contributed by atoms with Crippen LogP contribution in [0.15, 0.2) is 10.6 Å². The van der Waals surface area contributed by atoms with Gasteiger partial charge in [-0.05, 0) is 18.8 Å². The Morgan fingerprint density at radius 2 is 2.18 bits per heavy atom. The van der Waals surface area contributed by atoms with Gasteiger partial charge in [0.25, 0.3) is 0 Å². The van der Waals surface area contributed by atoms with Crippen LogP contribution in [0.1, 0.15) is 31.2 Å². The van der Waals surface area contributed by atoms with Gasteiger partial charge < -0.3 is 20.5 Å². The summed E-state index contributed by atoms with van der Waals surface area (Å²) >= 11 is 0. The van der Waals surface area contributed by atoms with E-state index in [1.165, 1.54) is 0 Å². The van der Waals surface area contributed by atoms with Gasteiger partial charge in [-0.25, -0.2) is 0 Å². The van der Waals surface area contributed by atoms with Crippen molar-refractivity contribution in [2.24, 2.45) is 5.73 Å². The fourth-order valence-electron chi connectivity index (χ4n) is 1.16. The highest BCUT2D eigenvalue weighted by Gasteiger charge is 2.19. The molecule has 0 saturated carbocycles. The van der Waals surface area contributed by atoms with Gasteiger partial charge in [-0.1, -0.05) is 24.4 Å². The maximum absolute atomic E-state index is 8.95. The van der Waals surface area contributed by atoms with Crippen LogP contribution >= 0.6 is 0 Å². The zero-order valence-electron chi connectivity index (χ0n) is 9.94. The lowest BCUT2D eigenvalue weighted by Gasteiger charge is -2.15. The minimum Gasteiger partial charge on any atom is -0.393 e. The van der Waals surface area contributed by atoms with Crippen molar-refractivity contribution in [2.75, 3.05) is 13.2 Å². The van der Waals surface area contributed by atoms with Gasteiger partial charge in [-0.3, -0.25) is 0 Å². The van der Waals surface area contributed by atoms with Crippen LogP contribution in [0, 0.1) is 11.8 Å². The smallest absolute Gasteiger partial charge is 0.209 e. The van der Waals surface area contributed by atoms with Gasteiger partial charge >= 0.3 is 0 Å². The van der Waals surface area contributed by atoms with Crippen molar-refractivity contribution in [3.63, 3.8) is 0 Å². The van der Waals surface area contributed by atoms with Gasteiger partial charge in [0.15, 0.2) is 0 Å². The fraction of sp³-hybridized carbons (Fsp3) is 0.583. The van der Waals surface area contributed by atoms with E-state index in [4.69, 9.17) is 20.5 Å². The van der Waals surface area contributed by atoms with Gasteiger partial charge in [0.05, 0.1) is 18.9 Å². The van der Waals surface area contributed by atoms with Crippen molar-refractivity contribution in [3.8, 4) is 11.8 Å². The number of unbranched alkanes of at least 4 members (excludes halogenated alkanes) is 1. The van der Waals surface area contributed by atoms with E-state index < -0.39 is 18.8 Å². The maximum atomic E-state index is 8.95. The summed E-state index contributed by atoms with van der Waals surface area (Å²) in [6.45, 7) is 1.28. The monoisotopic (exact) mass is 238 g/mol. The van der Waals surface area contributed by atoms with Gasteiger partial charge in [0, 0.05) is 6.07 Å². The molecule has 0 fully saturated rings. The lowest BCUT2D eigenvalue weighted by Crippen LogP contribution is -2.45. The molecule has 1 aromatic rings. The van der Waals surface area contributed by atoms with E-state index in [1.807, 2.05) is 0 Å². The summed E-state index contributed by atoms with van der Waals surface area (Å²) in [7, 11) is 0. The average Bonchev–Trinajstić information content (AvgIpc) is 2.81. The molecule has 1 rings (SSSR count). The lowest BCUT2D eigenvalue weighted by atomic mass is 10.1. The van der Waals surface area contributed by atoms with E-state index in [9.17, 15) is 0 Å². The number of aromatic nitrogens is 1. The molecule has 5 nitrogen and oxygen atoms in total. The first kappa shape index (κ1) is 13.7. The van der Waals surface area contributed by atoms with Crippen LogP contribution in [-0.2, 0) is 6.42 Å². The van der Waals surface area contributed by atoms with Crippen LogP contribution in [-0.4, -0.2) is 34.1 Å². The first-order valence-electron chi connectivity index (χ1n) is 5.63. The molecule has 0 aromatic carbocycles. The molecule has 94 valence electrons. The highest BCUT2D eigenvalue weighted by molar-refractivity contribution is 5.30. The minimum absolute atomic E-state index is 0.396. The van der Waals surface area contributed by atoms with Gasteiger partial charge in [0.2, 0.25) is 5.76 Å². The lowest BCUT2D eigenvalue weighted by molar-refractivity contribution is 0.158. The maximum Gasteiger partial charge on any atom is 0.209 e. The predicted molar refractivity (Wildman–Crippen MR) is 63.1 cm³/mol. The Hall–Kier alpha value is -1.35. The van der Waals surface area contributed by atoms with E-state index in [-0.39, 0.29) is 0 Å². The molecule has 0 spiro atoms. The molecule has 0 radical (unpaired) electrons. The first-order chi connectivity index (χ1) is 8.13. The molecule has 1 aromatic heterocycles. The summed E-state index contributed by atoms with van der Waals surface area (Å²) in [5.74, 6) is 5.63. The number of hydrogen-bond acceptors (Lipinski definition) is 5. The molecular weight excluding hydrogens is 220 g/mol. The molecule has 17 heavy (non-hydrogen) atoms. The highest BCUT2D eigenvalue weighted by Crippen LogP contribution is 2.06. The zero-order chi connectivity index (χ0) is 12.7. The summed E-state index contributed by atoms with van der Waals surface area (Å²) in [5.41, 5.74) is 5.15. The second-order valence-electron chi connectivity index (χ2n) is 4.01. The Morgan fingerprint density at radius 3 is 2.76 bits per heavy atom. The largest absolute Gasteiger partial charge is 0.393 e. The number of aliphatic hydroxyl groups is 2. The summed E-state index contributed by atoms with van der Waals surface area (Å²) in [6.07, 6.45) is 3.00. The standard InChI is InChI=1S/C12H18N2O3/c1-2-3-4-10-7-11(17-14-10)5-6-12(13,8-15)9-16/h7,15-16H,2-4,8-9,13H2,1H3. The van der Waals surface area contributed by atoms with Crippen LogP contribution in [0.25, 0.3) is 0 Å². The van der Waals surface area contributed by atoms with E-state index in [0.717, 1.165) is 25.0 Å². The minimum atomic E-state index is -1.30. The van der Waals surface area contributed by atoms with E-state index in [0.29, 0.717) is 5.76 Å². The van der Waals surface area contributed by atoms with Gasteiger partial charge in [0.1, 0.15) is 5.54 Å². The van der Waals surface area contributed by atoms with Crippen LogP contribution in [0.2, 0.25) is 0 Å². The van der Waals surface area contributed by atoms with Crippen LogP contribution in [0.3, 0.4) is 0 Å². The third-order valence-corrected chi connectivity index (χ3v) is 2.34. The number of aliphatic hydroxyl groups excluding tert-OH is 2. The summed E-state index contributed by atoms with van der Waals surface area (Å²) in [5, 5.41) is 21.8. The normalized spacial score (nSPS) is 11.1. The van der Waals surface area contributed by atoms with Crippen LogP contribution < -0.4 is 5.73 Å². The van der Waals surface area contributed by atoms with E-state index >= 15 is 0 Å². The molecule has 0 amide bonds. The van der Waals surface area contributed by atoms with E-state index in [2.05, 4.69) is 23.9 Å². The Labute approximate surface area is 101 Å². The summed E-state index contributed by atoms with van der Waals surface area (Å²) < 4.78 is 5.00. The van der Waals surface area contributed by atoms with Crippen LogP contribution in [0.5, 0.6) is 0 Å². The molecule has 0 aliphatic carbocycles. The van der Waals surface area contributed by atoms with Gasteiger partial charge in [-0.15, -0.1) is 0 Å². The molecule has 0 saturated heterocycles. The topological polar surface area (TPSA) is 92.5 Å². The molecule has 0 unspecified atom stereocenters. The van der Waals surface area contributed by atoms with Crippen molar-refractivity contribution in [1.82, 2.24) is 5.16 Å². The van der Waals surface area contributed by atoms with E-state index in [1.54, 1.807) is 6.07 Å². The highest BCUT2D eigenvalue weighted by atomic mass is 16.5. The molecule has 5 heteroatoms. The molecule has 0 aliphatic heterocycles. The number of hydrogen-bond donors (Lipinski definition) is 3. The number of nitrogens with two attached hydrogens (primary N) is 1. The predicted octanol–water partition coefficient (Wildman–Crippen LogP) is 0.0508. The van der Waals surface area contributed by atoms with Gasteiger partial charge in [-0.2, -0.15) is 0 Å². The molecule has 0 aliphatic rings. The SMILES string of the molecule is CCCCc1cc(C#CC(N)(CO)CO)on1. The third kappa shape index (κ3) is 4.19. The van der Waals surface area contributed by atoms with Crippen LogP contribution in [0.4, 0.5) is 0 Å².